The zero-order valence-corrected chi connectivity index (χ0v) is 11.5. The maximum atomic E-state index is 10.4. The van der Waals surface area contributed by atoms with E-state index in [9.17, 15) is 5.11 Å². The van der Waals surface area contributed by atoms with Crippen LogP contribution in [-0.4, -0.2) is 35.7 Å². The van der Waals surface area contributed by atoms with Crippen molar-refractivity contribution in [3.63, 3.8) is 0 Å². The van der Waals surface area contributed by atoms with E-state index in [2.05, 4.69) is 18.7 Å². The predicted octanol–water partition coefficient (Wildman–Crippen LogP) is 2.60. The molecule has 0 saturated heterocycles. The lowest BCUT2D eigenvalue weighted by Gasteiger charge is -2.31. The molecule has 0 spiro atoms. The highest BCUT2D eigenvalue weighted by Crippen LogP contribution is 2.32. The molecule has 0 aliphatic heterocycles. The summed E-state index contributed by atoms with van der Waals surface area (Å²) in [5.74, 6) is 0.827. The predicted molar refractivity (Wildman–Crippen MR) is 72.8 cm³/mol. The van der Waals surface area contributed by atoms with E-state index in [1.54, 1.807) is 7.11 Å². The molecule has 1 aliphatic carbocycles. The van der Waals surface area contributed by atoms with Gasteiger partial charge in [0, 0.05) is 12.1 Å². The molecule has 1 aromatic rings. The van der Waals surface area contributed by atoms with Gasteiger partial charge in [-0.1, -0.05) is 19.1 Å². The number of nitrogens with zero attached hydrogens (tertiary/aromatic N) is 1. The van der Waals surface area contributed by atoms with Gasteiger partial charge in [-0.2, -0.15) is 0 Å². The van der Waals surface area contributed by atoms with Crippen molar-refractivity contribution >= 4 is 0 Å². The van der Waals surface area contributed by atoms with E-state index in [0.717, 1.165) is 17.9 Å². The molecule has 3 heteroatoms. The van der Waals surface area contributed by atoms with Crippen LogP contribution >= 0.6 is 0 Å². The number of aliphatic hydroxyl groups is 1. The van der Waals surface area contributed by atoms with E-state index in [4.69, 9.17) is 4.74 Å². The van der Waals surface area contributed by atoms with Gasteiger partial charge < -0.3 is 9.84 Å². The van der Waals surface area contributed by atoms with Crippen molar-refractivity contribution in [3.8, 4) is 5.75 Å². The molecule has 0 radical (unpaired) electrons. The summed E-state index contributed by atoms with van der Waals surface area (Å²) >= 11 is 0. The Balaban J connectivity index is 2.06. The molecule has 0 amide bonds. The summed E-state index contributed by atoms with van der Waals surface area (Å²) in [5, 5.41) is 10.4. The monoisotopic (exact) mass is 249 g/mol. The average molecular weight is 249 g/mol. The van der Waals surface area contributed by atoms with Gasteiger partial charge in [-0.15, -0.1) is 0 Å². The van der Waals surface area contributed by atoms with E-state index >= 15 is 0 Å². The zero-order valence-electron chi connectivity index (χ0n) is 11.5. The minimum Gasteiger partial charge on any atom is -0.497 e. The number of hydrogen-bond donors (Lipinski definition) is 1. The van der Waals surface area contributed by atoms with Gasteiger partial charge in [-0.25, -0.2) is 0 Å². The Hall–Kier alpha value is -1.06. The second-order valence-corrected chi connectivity index (χ2v) is 5.02. The maximum absolute atomic E-state index is 10.4. The molecule has 1 fully saturated rings. The second-order valence-electron chi connectivity index (χ2n) is 5.02. The normalized spacial score (nSPS) is 18.7. The molecule has 2 atom stereocenters. The molecule has 1 saturated carbocycles. The Morgan fingerprint density at radius 2 is 1.94 bits per heavy atom. The Kier molecular flexibility index (Phi) is 4.25. The number of methoxy groups -OCH3 is 1. The van der Waals surface area contributed by atoms with Gasteiger partial charge in [0.25, 0.3) is 0 Å². The van der Waals surface area contributed by atoms with Crippen molar-refractivity contribution < 1.29 is 9.84 Å². The molecule has 1 aromatic carbocycles. The SMILES string of the molecule is CCN(C1CC1)C(C)C(O)c1ccc(OC)cc1. The Bertz CT molecular complexity index is 373. The zero-order chi connectivity index (χ0) is 13.1. The van der Waals surface area contributed by atoms with E-state index in [0.29, 0.717) is 6.04 Å². The van der Waals surface area contributed by atoms with Gasteiger partial charge in [0.05, 0.1) is 13.2 Å². The van der Waals surface area contributed by atoms with E-state index in [1.807, 2.05) is 24.3 Å². The molecule has 2 unspecified atom stereocenters. The standard InChI is InChI=1S/C15H23NO2/c1-4-16(13-7-8-13)11(2)15(17)12-5-9-14(18-3)10-6-12/h5-6,9-11,13,15,17H,4,7-8H2,1-3H3. The largest absolute Gasteiger partial charge is 0.497 e. The Morgan fingerprint density at radius 3 is 2.39 bits per heavy atom. The molecule has 3 nitrogen and oxygen atoms in total. The maximum Gasteiger partial charge on any atom is 0.118 e. The fourth-order valence-electron chi connectivity index (χ4n) is 2.55. The summed E-state index contributed by atoms with van der Waals surface area (Å²) in [5.41, 5.74) is 0.961. The van der Waals surface area contributed by atoms with Crippen molar-refractivity contribution in [2.24, 2.45) is 0 Å². The van der Waals surface area contributed by atoms with Crippen LogP contribution in [0.2, 0.25) is 0 Å². The number of hydrogen-bond acceptors (Lipinski definition) is 3. The van der Waals surface area contributed by atoms with Gasteiger partial charge in [0.2, 0.25) is 0 Å². The molecule has 1 N–H and O–H groups in total. The molecule has 1 aliphatic rings. The van der Waals surface area contributed by atoms with E-state index in [-0.39, 0.29) is 6.04 Å². The van der Waals surface area contributed by atoms with Crippen molar-refractivity contribution in [1.29, 1.82) is 0 Å². The van der Waals surface area contributed by atoms with Crippen molar-refractivity contribution in [2.45, 2.75) is 44.9 Å². The van der Waals surface area contributed by atoms with Crippen LogP contribution in [0.1, 0.15) is 38.4 Å². The van der Waals surface area contributed by atoms with Crippen molar-refractivity contribution in [2.75, 3.05) is 13.7 Å². The first-order valence-electron chi connectivity index (χ1n) is 6.75. The van der Waals surface area contributed by atoms with E-state index < -0.39 is 6.10 Å². The third kappa shape index (κ3) is 2.85. The van der Waals surface area contributed by atoms with Crippen LogP contribution < -0.4 is 4.74 Å². The Labute approximate surface area is 109 Å². The highest BCUT2D eigenvalue weighted by Gasteiger charge is 2.34. The van der Waals surface area contributed by atoms with Crippen LogP contribution in [0.4, 0.5) is 0 Å². The molecule has 18 heavy (non-hydrogen) atoms. The molecule has 0 bridgehead atoms. The van der Waals surface area contributed by atoms with Crippen LogP contribution in [-0.2, 0) is 0 Å². The number of likely N-dealkylation sites (N-methyl/N-ethyl adjacent to an activating group) is 1. The summed E-state index contributed by atoms with van der Waals surface area (Å²) in [6, 6.07) is 8.53. The van der Waals surface area contributed by atoms with Crippen LogP contribution in [0.5, 0.6) is 5.75 Å². The van der Waals surface area contributed by atoms with Crippen LogP contribution in [0, 0.1) is 0 Å². The molecule has 2 rings (SSSR count). The van der Waals surface area contributed by atoms with Crippen LogP contribution in [0.25, 0.3) is 0 Å². The van der Waals surface area contributed by atoms with Crippen LogP contribution in [0.3, 0.4) is 0 Å². The first-order chi connectivity index (χ1) is 8.67. The highest BCUT2D eigenvalue weighted by atomic mass is 16.5. The van der Waals surface area contributed by atoms with E-state index in [1.165, 1.54) is 12.8 Å². The van der Waals surface area contributed by atoms with Gasteiger partial charge in [0.1, 0.15) is 5.75 Å². The summed E-state index contributed by atoms with van der Waals surface area (Å²) in [7, 11) is 1.65. The summed E-state index contributed by atoms with van der Waals surface area (Å²) in [6.07, 6.45) is 2.11. The van der Waals surface area contributed by atoms with Gasteiger partial charge in [-0.3, -0.25) is 4.90 Å². The molecule has 0 heterocycles. The fraction of sp³-hybridized carbons (Fsp3) is 0.600. The lowest BCUT2D eigenvalue weighted by atomic mass is 10.0. The summed E-state index contributed by atoms with van der Waals surface area (Å²) in [6.45, 7) is 5.27. The van der Waals surface area contributed by atoms with Crippen LogP contribution in [0.15, 0.2) is 24.3 Å². The quantitative estimate of drug-likeness (QED) is 0.841. The van der Waals surface area contributed by atoms with Gasteiger partial charge in [0.15, 0.2) is 0 Å². The average Bonchev–Trinajstić information content (AvgIpc) is 3.23. The number of aliphatic hydroxyl groups excluding tert-OH is 1. The van der Waals surface area contributed by atoms with Crippen molar-refractivity contribution in [3.05, 3.63) is 29.8 Å². The molecule has 0 aromatic heterocycles. The molecular formula is C15H23NO2. The minimum atomic E-state index is -0.434. The van der Waals surface area contributed by atoms with Gasteiger partial charge in [-0.05, 0) is 44.0 Å². The van der Waals surface area contributed by atoms with Crippen molar-refractivity contribution in [1.82, 2.24) is 4.90 Å². The lowest BCUT2D eigenvalue weighted by Crippen LogP contribution is -2.39. The highest BCUT2D eigenvalue weighted by molar-refractivity contribution is 5.29. The number of benzene rings is 1. The smallest absolute Gasteiger partial charge is 0.118 e. The summed E-state index contributed by atoms with van der Waals surface area (Å²) in [4.78, 5) is 2.40. The first kappa shape index (κ1) is 13.4. The Morgan fingerprint density at radius 1 is 1.33 bits per heavy atom. The first-order valence-corrected chi connectivity index (χ1v) is 6.75. The number of rotatable bonds is 6. The topological polar surface area (TPSA) is 32.7 Å². The second kappa shape index (κ2) is 5.72. The minimum absolute atomic E-state index is 0.163. The molecular weight excluding hydrogens is 226 g/mol. The summed E-state index contributed by atoms with van der Waals surface area (Å²) < 4.78 is 5.13. The fourth-order valence-corrected chi connectivity index (χ4v) is 2.55. The molecule has 100 valence electrons. The third-order valence-corrected chi connectivity index (χ3v) is 3.82. The lowest BCUT2D eigenvalue weighted by molar-refractivity contribution is 0.0560. The van der Waals surface area contributed by atoms with Gasteiger partial charge >= 0.3 is 0 Å². The number of ether oxygens (including phenoxy) is 1. The third-order valence-electron chi connectivity index (χ3n) is 3.82.